The lowest BCUT2D eigenvalue weighted by atomic mass is 10.0. The molecule has 0 aromatic heterocycles. The monoisotopic (exact) mass is 389 g/mol. The van der Waals surface area contributed by atoms with Crippen LogP contribution in [0.15, 0.2) is 60.5 Å². The third-order valence-corrected chi connectivity index (χ3v) is 4.73. The maximum Gasteiger partial charge on any atom is 0.335 e. The Morgan fingerprint density at radius 3 is 2.37 bits per heavy atom. The van der Waals surface area contributed by atoms with Crippen molar-refractivity contribution in [3.8, 4) is 11.1 Å². The van der Waals surface area contributed by atoms with Gasteiger partial charge >= 0.3 is 5.97 Å². The largest absolute Gasteiger partial charge is 0.478 e. The number of carboxylic acid groups (broad SMARTS) is 1. The van der Waals surface area contributed by atoms with Gasteiger partial charge in [-0.05, 0) is 35.4 Å². The van der Waals surface area contributed by atoms with Crippen LogP contribution in [0.1, 0.15) is 10.4 Å². The molecular weight excluding hydrogens is 370 g/mol. The molecule has 0 aliphatic rings. The topological polar surface area (TPSA) is 139 Å². The highest BCUT2D eigenvalue weighted by molar-refractivity contribution is 7.92. The van der Waals surface area contributed by atoms with Crippen LogP contribution >= 0.6 is 0 Å². The predicted molar refractivity (Wildman–Crippen MR) is 103 cm³/mol. The molecule has 0 unspecified atom stereocenters. The van der Waals surface area contributed by atoms with E-state index < -0.39 is 27.9 Å². The highest BCUT2D eigenvalue weighted by Crippen LogP contribution is 2.22. The van der Waals surface area contributed by atoms with Gasteiger partial charge in [-0.25, -0.2) is 13.2 Å². The van der Waals surface area contributed by atoms with Gasteiger partial charge in [0.25, 0.3) is 0 Å². The van der Waals surface area contributed by atoms with Crippen LogP contribution in [-0.4, -0.2) is 38.0 Å². The zero-order valence-electron chi connectivity index (χ0n) is 14.3. The molecule has 27 heavy (non-hydrogen) atoms. The zero-order valence-corrected chi connectivity index (χ0v) is 15.1. The second-order valence-electron chi connectivity index (χ2n) is 5.57. The van der Waals surface area contributed by atoms with Crippen molar-refractivity contribution in [1.29, 1.82) is 0 Å². The first-order valence-corrected chi connectivity index (χ1v) is 9.40. The summed E-state index contributed by atoms with van der Waals surface area (Å²) in [4.78, 5) is 23.3. The van der Waals surface area contributed by atoms with Gasteiger partial charge < -0.3 is 16.2 Å². The second kappa shape index (κ2) is 8.58. The lowest BCUT2D eigenvalue weighted by Gasteiger charge is -2.15. The molecule has 2 rings (SSSR count). The van der Waals surface area contributed by atoms with Crippen LogP contribution in [0, 0.1) is 0 Å². The number of hydrogen-bond donors (Lipinski definition) is 4. The molecule has 0 fully saturated rings. The molecule has 0 radical (unpaired) electrons. The average Bonchev–Trinajstić information content (AvgIpc) is 2.66. The van der Waals surface area contributed by atoms with Crippen LogP contribution < -0.4 is 15.8 Å². The Kier molecular flexibility index (Phi) is 6.45. The van der Waals surface area contributed by atoms with Gasteiger partial charge in [0.2, 0.25) is 15.9 Å². The normalized spacial score (nSPS) is 12.2. The van der Waals surface area contributed by atoms with Gasteiger partial charge in [-0.3, -0.25) is 4.79 Å². The fourth-order valence-electron chi connectivity index (χ4n) is 2.26. The SMILES string of the molecule is C=CS(=O)(=O)N[C@@H](CN)C(=O)Nc1ccc(-c2cccc(C(=O)O)c2)cc1. The molecule has 0 saturated carbocycles. The van der Waals surface area contributed by atoms with E-state index in [-0.39, 0.29) is 12.1 Å². The molecule has 0 aliphatic carbocycles. The smallest absolute Gasteiger partial charge is 0.335 e. The standard InChI is InChI=1S/C18H19N3O5S/c1-2-27(25,26)21-16(11-19)17(22)20-15-8-6-12(7-9-15)13-4-3-5-14(10-13)18(23)24/h2-10,16,21H,1,11,19H2,(H,20,22)(H,23,24)/t16-/m0/s1. The molecule has 0 aliphatic heterocycles. The molecule has 0 heterocycles. The Labute approximate surface area is 156 Å². The quantitative estimate of drug-likeness (QED) is 0.538. The zero-order chi connectivity index (χ0) is 20.0. The number of carbonyl (C=O) groups is 2. The van der Waals surface area contributed by atoms with Crippen molar-refractivity contribution >= 4 is 27.6 Å². The van der Waals surface area contributed by atoms with Gasteiger partial charge in [-0.1, -0.05) is 30.8 Å². The summed E-state index contributed by atoms with van der Waals surface area (Å²) < 4.78 is 25.1. The number of anilines is 1. The van der Waals surface area contributed by atoms with Crippen molar-refractivity contribution in [3.05, 3.63) is 66.1 Å². The van der Waals surface area contributed by atoms with Crippen molar-refractivity contribution in [3.63, 3.8) is 0 Å². The minimum Gasteiger partial charge on any atom is -0.478 e. The maximum atomic E-state index is 12.2. The van der Waals surface area contributed by atoms with Crippen LogP contribution in [0.5, 0.6) is 0 Å². The summed E-state index contributed by atoms with van der Waals surface area (Å²) in [5.41, 5.74) is 7.55. The van der Waals surface area contributed by atoms with Crippen LogP contribution in [-0.2, 0) is 14.8 Å². The number of amides is 1. The molecule has 2 aromatic carbocycles. The van der Waals surface area contributed by atoms with Crippen LogP contribution in [0.3, 0.4) is 0 Å². The van der Waals surface area contributed by atoms with Gasteiger partial charge in [0, 0.05) is 17.6 Å². The van der Waals surface area contributed by atoms with Crippen molar-refractivity contribution in [2.24, 2.45) is 5.73 Å². The molecule has 9 heteroatoms. The Hall–Kier alpha value is -3.01. The average molecular weight is 389 g/mol. The van der Waals surface area contributed by atoms with Crippen LogP contribution in [0.25, 0.3) is 11.1 Å². The van der Waals surface area contributed by atoms with Gasteiger partial charge in [0.15, 0.2) is 0 Å². The summed E-state index contributed by atoms with van der Waals surface area (Å²) in [6.45, 7) is 2.94. The number of aromatic carboxylic acids is 1. The van der Waals surface area contributed by atoms with Crippen molar-refractivity contribution in [2.45, 2.75) is 6.04 Å². The number of hydrogen-bond acceptors (Lipinski definition) is 5. The number of nitrogens with one attached hydrogen (secondary N) is 2. The molecule has 1 atom stereocenters. The molecular formula is C18H19N3O5S. The molecule has 5 N–H and O–H groups in total. The fraction of sp³-hybridized carbons (Fsp3) is 0.111. The highest BCUT2D eigenvalue weighted by atomic mass is 32.2. The van der Waals surface area contributed by atoms with Gasteiger partial charge in [0.05, 0.1) is 5.56 Å². The van der Waals surface area contributed by atoms with Crippen LogP contribution in [0.4, 0.5) is 5.69 Å². The Bertz CT molecular complexity index is 955. The van der Waals surface area contributed by atoms with E-state index in [1.807, 2.05) is 0 Å². The Morgan fingerprint density at radius 2 is 1.81 bits per heavy atom. The first-order chi connectivity index (χ1) is 12.8. The summed E-state index contributed by atoms with van der Waals surface area (Å²) in [6, 6.07) is 12.0. The second-order valence-corrected chi connectivity index (χ2v) is 7.23. The minimum atomic E-state index is -3.80. The van der Waals surface area contributed by atoms with Gasteiger partial charge in [-0.15, -0.1) is 0 Å². The van der Waals surface area contributed by atoms with E-state index in [1.54, 1.807) is 42.5 Å². The summed E-state index contributed by atoms with van der Waals surface area (Å²) in [5.74, 6) is -1.63. The van der Waals surface area contributed by atoms with E-state index in [1.165, 1.54) is 6.07 Å². The number of carboxylic acids is 1. The third kappa shape index (κ3) is 5.48. The molecule has 2 aromatic rings. The van der Waals surface area contributed by atoms with E-state index in [0.29, 0.717) is 16.7 Å². The van der Waals surface area contributed by atoms with Gasteiger partial charge in [0.1, 0.15) is 6.04 Å². The van der Waals surface area contributed by atoms with E-state index in [2.05, 4.69) is 16.6 Å². The molecule has 8 nitrogen and oxygen atoms in total. The fourth-order valence-corrected chi connectivity index (χ4v) is 2.96. The number of carbonyl (C=O) groups excluding carboxylic acids is 1. The lowest BCUT2D eigenvalue weighted by molar-refractivity contribution is -0.117. The Morgan fingerprint density at radius 1 is 1.15 bits per heavy atom. The van der Waals surface area contributed by atoms with Crippen molar-refractivity contribution in [2.75, 3.05) is 11.9 Å². The van der Waals surface area contributed by atoms with E-state index >= 15 is 0 Å². The maximum absolute atomic E-state index is 12.2. The summed E-state index contributed by atoms with van der Waals surface area (Å²) >= 11 is 0. The van der Waals surface area contributed by atoms with Crippen molar-refractivity contribution < 1.29 is 23.1 Å². The first kappa shape index (κ1) is 20.3. The minimum absolute atomic E-state index is 0.171. The first-order valence-electron chi connectivity index (χ1n) is 7.85. The van der Waals surface area contributed by atoms with E-state index in [0.717, 1.165) is 5.56 Å². The van der Waals surface area contributed by atoms with E-state index in [4.69, 9.17) is 10.8 Å². The van der Waals surface area contributed by atoms with Gasteiger partial charge in [-0.2, -0.15) is 4.72 Å². The molecule has 0 spiro atoms. The summed E-state index contributed by atoms with van der Waals surface area (Å²) in [5, 5.41) is 12.3. The van der Waals surface area contributed by atoms with Crippen molar-refractivity contribution in [1.82, 2.24) is 4.72 Å². The molecule has 1 amide bonds. The number of benzene rings is 2. The molecule has 0 saturated heterocycles. The van der Waals surface area contributed by atoms with Crippen LogP contribution in [0.2, 0.25) is 0 Å². The molecule has 142 valence electrons. The highest BCUT2D eigenvalue weighted by Gasteiger charge is 2.21. The predicted octanol–water partition coefficient (Wildman–Crippen LogP) is 1.38. The lowest BCUT2D eigenvalue weighted by Crippen LogP contribution is -2.47. The summed E-state index contributed by atoms with van der Waals surface area (Å²) in [7, 11) is -3.80. The summed E-state index contributed by atoms with van der Waals surface area (Å²) in [6.07, 6.45) is 0. The Balaban J connectivity index is 2.13. The molecule has 0 bridgehead atoms. The number of sulfonamides is 1. The third-order valence-electron chi connectivity index (χ3n) is 3.67. The number of rotatable bonds is 8. The number of nitrogens with two attached hydrogens (primary N) is 1. The van der Waals surface area contributed by atoms with E-state index in [9.17, 15) is 18.0 Å².